The first-order chi connectivity index (χ1) is 11.4. The summed E-state index contributed by atoms with van der Waals surface area (Å²) >= 11 is 3.31. The van der Waals surface area contributed by atoms with E-state index in [0.717, 1.165) is 22.7 Å². The number of ether oxygens (including phenoxy) is 1. The third kappa shape index (κ3) is 7.36. The molecule has 132 valence electrons. The van der Waals surface area contributed by atoms with Crippen LogP contribution in [0.1, 0.15) is 39.7 Å². The van der Waals surface area contributed by atoms with Crippen LogP contribution in [-0.4, -0.2) is 6.61 Å². The Bertz CT molecular complexity index is 610. The van der Waals surface area contributed by atoms with Gasteiger partial charge in [0.2, 0.25) is 0 Å². The maximum absolute atomic E-state index is 5.86. The van der Waals surface area contributed by atoms with E-state index >= 15 is 0 Å². The summed E-state index contributed by atoms with van der Waals surface area (Å²) in [5.41, 5.74) is 1.73. The van der Waals surface area contributed by atoms with Crippen molar-refractivity contribution in [1.29, 1.82) is 0 Å². The van der Waals surface area contributed by atoms with E-state index in [1.807, 2.05) is 44.2 Å². The van der Waals surface area contributed by atoms with E-state index in [9.17, 15) is 0 Å². The van der Waals surface area contributed by atoms with E-state index in [4.69, 9.17) is 4.74 Å². The van der Waals surface area contributed by atoms with E-state index in [-0.39, 0.29) is 0 Å². The van der Waals surface area contributed by atoms with Gasteiger partial charge < -0.3 is 4.74 Å². The summed E-state index contributed by atoms with van der Waals surface area (Å²) in [6.07, 6.45) is 1.30. The highest BCUT2D eigenvalue weighted by atomic mass is 79.9. The molecule has 0 heterocycles. The minimum absolute atomic E-state index is 0.506. The van der Waals surface area contributed by atoms with Gasteiger partial charge in [0.05, 0.1) is 6.61 Å². The number of halogens is 1. The molecule has 1 fully saturated rings. The Morgan fingerprint density at radius 3 is 2.17 bits per heavy atom. The van der Waals surface area contributed by atoms with Crippen molar-refractivity contribution in [3.05, 3.63) is 58.6 Å². The van der Waals surface area contributed by atoms with Crippen LogP contribution in [0.2, 0.25) is 0 Å². The maximum atomic E-state index is 5.86. The fourth-order valence-corrected chi connectivity index (χ4v) is 2.79. The quantitative estimate of drug-likeness (QED) is 0.534. The lowest BCUT2D eigenvalue weighted by atomic mass is 10.1. The standard InChI is InChI=1S/C13H19OP.C6H5Br.C2H6/c1-9-4-5-11(15)6-12(9)14-8-10-7-13(10,2)3;7-6-4-2-1-3-5-6;1-2/h4-6,10H,7-8,15H2,1-3H3;1-5H;1-2H3. The Balaban J connectivity index is 0.000000268. The van der Waals surface area contributed by atoms with Crippen molar-refractivity contribution < 1.29 is 4.74 Å². The van der Waals surface area contributed by atoms with Gasteiger partial charge in [-0.15, -0.1) is 9.24 Å². The number of hydrogen-bond donors (Lipinski definition) is 0. The molecule has 1 aliphatic carbocycles. The van der Waals surface area contributed by atoms with Gasteiger partial charge in [-0.1, -0.05) is 74.0 Å². The molecular formula is C21H30BrOP. The number of hydrogen-bond acceptors (Lipinski definition) is 1. The van der Waals surface area contributed by atoms with Crippen molar-refractivity contribution in [1.82, 2.24) is 0 Å². The minimum Gasteiger partial charge on any atom is -0.493 e. The van der Waals surface area contributed by atoms with Gasteiger partial charge in [-0.25, -0.2) is 0 Å². The van der Waals surface area contributed by atoms with Crippen LogP contribution < -0.4 is 10.0 Å². The van der Waals surface area contributed by atoms with Gasteiger partial charge >= 0.3 is 0 Å². The molecule has 1 nitrogen and oxygen atoms in total. The van der Waals surface area contributed by atoms with Crippen LogP contribution in [0.25, 0.3) is 0 Å². The van der Waals surface area contributed by atoms with E-state index < -0.39 is 0 Å². The lowest BCUT2D eigenvalue weighted by Crippen LogP contribution is -2.06. The fraction of sp³-hybridized carbons (Fsp3) is 0.429. The van der Waals surface area contributed by atoms with Crippen molar-refractivity contribution in [3.63, 3.8) is 0 Å². The second-order valence-corrected chi connectivity index (χ2v) is 8.10. The monoisotopic (exact) mass is 408 g/mol. The molecular weight excluding hydrogens is 379 g/mol. The third-order valence-corrected chi connectivity index (χ3v) is 4.99. The average molecular weight is 409 g/mol. The molecule has 0 aromatic heterocycles. The zero-order valence-electron chi connectivity index (χ0n) is 15.5. The largest absolute Gasteiger partial charge is 0.493 e. The van der Waals surface area contributed by atoms with Gasteiger partial charge in [0.1, 0.15) is 5.75 Å². The minimum atomic E-state index is 0.506. The average Bonchev–Trinajstić information content (AvgIpc) is 3.19. The molecule has 24 heavy (non-hydrogen) atoms. The molecule has 0 amide bonds. The zero-order valence-corrected chi connectivity index (χ0v) is 18.2. The fourth-order valence-electron chi connectivity index (χ4n) is 2.24. The molecule has 0 radical (unpaired) electrons. The second kappa shape index (κ2) is 10.2. The summed E-state index contributed by atoms with van der Waals surface area (Å²) < 4.78 is 7.00. The van der Waals surface area contributed by atoms with Gasteiger partial charge in [-0.2, -0.15) is 0 Å². The van der Waals surface area contributed by atoms with Gasteiger partial charge in [0.25, 0.3) is 0 Å². The lowest BCUT2D eigenvalue weighted by molar-refractivity contribution is 0.278. The number of aryl methyl sites for hydroxylation is 1. The first-order valence-electron chi connectivity index (χ1n) is 8.58. The van der Waals surface area contributed by atoms with Gasteiger partial charge in [0, 0.05) is 4.47 Å². The highest BCUT2D eigenvalue weighted by Gasteiger charge is 2.45. The van der Waals surface area contributed by atoms with E-state index in [1.54, 1.807) is 0 Å². The van der Waals surface area contributed by atoms with E-state index in [1.165, 1.54) is 17.3 Å². The summed E-state index contributed by atoms with van der Waals surface area (Å²) in [6.45, 7) is 11.6. The summed E-state index contributed by atoms with van der Waals surface area (Å²) in [6, 6.07) is 16.3. The Hall–Kier alpha value is -0.850. The molecule has 0 aliphatic heterocycles. The first kappa shape index (κ1) is 21.2. The SMILES string of the molecule is Brc1ccccc1.CC.Cc1ccc(P)cc1OCC1CC1(C)C. The first-order valence-corrected chi connectivity index (χ1v) is 9.95. The van der Waals surface area contributed by atoms with Gasteiger partial charge in [-0.05, 0) is 53.7 Å². The van der Waals surface area contributed by atoms with Crippen LogP contribution in [-0.2, 0) is 0 Å². The van der Waals surface area contributed by atoms with Crippen molar-refractivity contribution in [2.24, 2.45) is 11.3 Å². The van der Waals surface area contributed by atoms with E-state index in [0.29, 0.717) is 5.41 Å². The predicted octanol–water partition coefficient (Wildman–Crippen LogP) is 6.40. The maximum Gasteiger partial charge on any atom is 0.122 e. The number of benzene rings is 2. The Morgan fingerprint density at radius 2 is 1.71 bits per heavy atom. The molecule has 0 saturated heterocycles. The van der Waals surface area contributed by atoms with Crippen molar-refractivity contribution in [2.75, 3.05) is 6.61 Å². The Morgan fingerprint density at radius 1 is 1.12 bits per heavy atom. The summed E-state index contributed by atoms with van der Waals surface area (Å²) in [7, 11) is 2.71. The topological polar surface area (TPSA) is 9.23 Å². The van der Waals surface area contributed by atoms with Crippen molar-refractivity contribution in [2.45, 2.75) is 41.0 Å². The van der Waals surface area contributed by atoms with Crippen LogP contribution in [0, 0.1) is 18.3 Å². The molecule has 2 aromatic rings. The summed E-state index contributed by atoms with van der Waals surface area (Å²) in [4.78, 5) is 0. The van der Waals surface area contributed by atoms with E-state index in [2.05, 4.69) is 64.1 Å². The molecule has 2 aromatic carbocycles. The van der Waals surface area contributed by atoms with Crippen LogP contribution in [0.3, 0.4) is 0 Å². The van der Waals surface area contributed by atoms with Crippen LogP contribution in [0.5, 0.6) is 5.75 Å². The molecule has 1 aliphatic rings. The smallest absolute Gasteiger partial charge is 0.122 e. The highest BCUT2D eigenvalue weighted by molar-refractivity contribution is 9.10. The van der Waals surface area contributed by atoms with Gasteiger partial charge in [0.15, 0.2) is 0 Å². The molecule has 1 saturated carbocycles. The Kier molecular flexibility index (Phi) is 9.02. The van der Waals surface area contributed by atoms with Crippen LogP contribution in [0.4, 0.5) is 0 Å². The molecule has 2 unspecified atom stereocenters. The van der Waals surface area contributed by atoms with Gasteiger partial charge in [-0.3, -0.25) is 0 Å². The second-order valence-electron chi connectivity index (χ2n) is 6.52. The van der Waals surface area contributed by atoms with Crippen molar-refractivity contribution in [3.8, 4) is 5.75 Å². The zero-order chi connectivity index (χ0) is 18.2. The summed E-state index contributed by atoms with van der Waals surface area (Å²) in [5, 5.41) is 1.19. The molecule has 2 atom stereocenters. The Labute approximate surface area is 158 Å². The van der Waals surface area contributed by atoms with Crippen LogP contribution >= 0.6 is 25.2 Å². The molecule has 3 heteroatoms. The summed E-state index contributed by atoms with van der Waals surface area (Å²) in [5.74, 6) is 1.77. The molecule has 3 rings (SSSR count). The third-order valence-electron chi connectivity index (χ3n) is 4.10. The predicted molar refractivity (Wildman–Crippen MR) is 113 cm³/mol. The number of rotatable bonds is 3. The van der Waals surface area contributed by atoms with Crippen molar-refractivity contribution >= 4 is 30.5 Å². The molecule has 0 bridgehead atoms. The lowest BCUT2D eigenvalue weighted by Gasteiger charge is -2.10. The van der Waals surface area contributed by atoms with Crippen LogP contribution in [0.15, 0.2) is 53.0 Å². The highest BCUT2D eigenvalue weighted by Crippen LogP contribution is 2.51. The normalized spacial score (nSPS) is 16.9. The molecule has 0 spiro atoms. The molecule has 0 N–H and O–H groups in total.